The summed E-state index contributed by atoms with van der Waals surface area (Å²) in [5.41, 5.74) is 3.68. The maximum atomic E-state index is 12.5. The lowest BCUT2D eigenvalue weighted by Crippen LogP contribution is -2.09. The van der Waals surface area contributed by atoms with Gasteiger partial charge in [-0.3, -0.25) is 0 Å². The number of nitrogens with two attached hydrogens (primary N) is 1. The molecule has 1 heterocycles. The number of aryl methyl sites for hydroxylation is 1. The highest BCUT2D eigenvalue weighted by atomic mass is 19.4. The second kappa shape index (κ2) is 5.08. The molecule has 0 saturated carbocycles. The molecule has 94 valence electrons. The Morgan fingerprint density at radius 3 is 2.47 bits per heavy atom. The number of rotatable bonds is 4. The van der Waals surface area contributed by atoms with Gasteiger partial charge in [0.05, 0.1) is 0 Å². The first kappa shape index (κ1) is 13.4. The van der Waals surface area contributed by atoms with E-state index < -0.39 is 17.4 Å². The summed E-state index contributed by atoms with van der Waals surface area (Å²) in [6, 6.07) is 1.45. The number of nitriles is 1. The summed E-state index contributed by atoms with van der Waals surface area (Å²) in [6.07, 6.45) is -2.14. The largest absolute Gasteiger partial charge is 0.436 e. The van der Waals surface area contributed by atoms with Gasteiger partial charge in [-0.15, -0.1) is 0 Å². The third kappa shape index (κ3) is 2.90. The summed E-state index contributed by atoms with van der Waals surface area (Å²) in [6.45, 7) is 2.28. The molecule has 0 spiro atoms. The van der Waals surface area contributed by atoms with Gasteiger partial charge in [0.25, 0.3) is 0 Å². The number of nitrogen functional groups attached to an aromatic ring is 1. The Labute approximate surface area is 96.8 Å². The number of hydrogen-bond acceptors (Lipinski definition) is 3. The first-order valence-corrected chi connectivity index (χ1v) is 5.25. The average Bonchev–Trinajstić information content (AvgIpc) is 2.56. The molecule has 7 heteroatoms. The molecule has 0 amide bonds. The van der Waals surface area contributed by atoms with Crippen LogP contribution in [-0.2, 0) is 12.7 Å². The summed E-state index contributed by atoms with van der Waals surface area (Å²) >= 11 is 0. The molecule has 1 aromatic heterocycles. The number of nitrogens with zero attached hydrogens (tertiary/aromatic N) is 3. The minimum atomic E-state index is -4.64. The van der Waals surface area contributed by atoms with Gasteiger partial charge >= 0.3 is 6.18 Å². The van der Waals surface area contributed by atoms with E-state index in [9.17, 15) is 13.2 Å². The highest BCUT2D eigenvalue weighted by molar-refractivity contribution is 5.52. The van der Waals surface area contributed by atoms with Crippen LogP contribution in [0.2, 0.25) is 0 Å². The zero-order valence-electron chi connectivity index (χ0n) is 9.38. The topological polar surface area (TPSA) is 67.6 Å². The molecule has 0 bridgehead atoms. The average molecular weight is 246 g/mol. The fourth-order valence-corrected chi connectivity index (χ4v) is 1.47. The van der Waals surface area contributed by atoms with Crippen LogP contribution >= 0.6 is 0 Å². The molecule has 0 saturated heterocycles. The highest BCUT2D eigenvalue weighted by Gasteiger charge is 2.39. The van der Waals surface area contributed by atoms with E-state index in [1.54, 1.807) is 0 Å². The van der Waals surface area contributed by atoms with E-state index in [0.29, 0.717) is 13.0 Å². The number of halogens is 3. The highest BCUT2D eigenvalue weighted by Crippen LogP contribution is 2.33. The van der Waals surface area contributed by atoms with E-state index in [1.807, 2.05) is 6.92 Å². The van der Waals surface area contributed by atoms with Crippen LogP contribution in [0, 0.1) is 11.3 Å². The van der Waals surface area contributed by atoms with Crippen molar-refractivity contribution < 1.29 is 13.2 Å². The van der Waals surface area contributed by atoms with Crippen LogP contribution in [0.25, 0.3) is 0 Å². The zero-order chi connectivity index (χ0) is 13.1. The molecule has 0 aliphatic carbocycles. The maximum Gasteiger partial charge on any atom is 0.436 e. The van der Waals surface area contributed by atoms with Crippen molar-refractivity contribution in [3.05, 3.63) is 11.3 Å². The Morgan fingerprint density at radius 1 is 1.41 bits per heavy atom. The van der Waals surface area contributed by atoms with Gasteiger partial charge in [0.15, 0.2) is 5.69 Å². The van der Waals surface area contributed by atoms with Gasteiger partial charge in [-0.05, 0) is 6.42 Å². The minimum Gasteiger partial charge on any atom is -0.383 e. The third-order valence-corrected chi connectivity index (χ3v) is 2.35. The van der Waals surface area contributed by atoms with Gasteiger partial charge in [-0.2, -0.15) is 23.5 Å². The van der Waals surface area contributed by atoms with E-state index in [4.69, 9.17) is 11.0 Å². The Kier molecular flexibility index (Phi) is 3.99. The molecule has 2 N–H and O–H groups in total. The quantitative estimate of drug-likeness (QED) is 0.830. The van der Waals surface area contributed by atoms with Gasteiger partial charge in [0.2, 0.25) is 0 Å². The molecule has 1 aromatic rings. The monoisotopic (exact) mass is 246 g/mol. The van der Waals surface area contributed by atoms with E-state index >= 15 is 0 Å². The molecular weight excluding hydrogens is 233 g/mol. The molecule has 0 atom stereocenters. The molecule has 4 nitrogen and oxygen atoms in total. The Balaban J connectivity index is 3.02. The van der Waals surface area contributed by atoms with Crippen molar-refractivity contribution in [3.8, 4) is 6.07 Å². The van der Waals surface area contributed by atoms with Gasteiger partial charge in [-0.1, -0.05) is 19.8 Å². The fourth-order valence-electron chi connectivity index (χ4n) is 1.47. The van der Waals surface area contributed by atoms with Crippen molar-refractivity contribution in [2.24, 2.45) is 0 Å². The van der Waals surface area contributed by atoms with Crippen molar-refractivity contribution in [1.82, 2.24) is 9.78 Å². The molecule has 1 rings (SSSR count). The molecule has 0 aliphatic rings. The van der Waals surface area contributed by atoms with Crippen LogP contribution in [0.4, 0.5) is 19.0 Å². The van der Waals surface area contributed by atoms with Crippen molar-refractivity contribution >= 4 is 5.82 Å². The third-order valence-electron chi connectivity index (χ3n) is 2.35. The summed E-state index contributed by atoms with van der Waals surface area (Å²) in [5, 5.41) is 12.0. The standard InChI is InChI=1S/C10H13F3N4/c1-2-3-4-5-17-9(15)7(6-14)8(16-17)10(11,12)13/h2-5,15H2,1H3. The Bertz CT molecular complexity index is 428. The van der Waals surface area contributed by atoms with Crippen LogP contribution in [0.15, 0.2) is 0 Å². The van der Waals surface area contributed by atoms with Crippen molar-refractivity contribution in [3.63, 3.8) is 0 Å². The molecule has 0 unspecified atom stereocenters. The Morgan fingerprint density at radius 2 is 2.06 bits per heavy atom. The van der Waals surface area contributed by atoms with Gasteiger partial charge < -0.3 is 5.73 Å². The minimum absolute atomic E-state index is 0.212. The van der Waals surface area contributed by atoms with E-state index in [0.717, 1.165) is 17.5 Å². The smallest absolute Gasteiger partial charge is 0.383 e. The predicted octanol–water partition coefficient (Wildman–Crippen LogP) is 2.55. The number of aromatic nitrogens is 2. The molecular formula is C10H13F3N4. The van der Waals surface area contributed by atoms with E-state index in [1.165, 1.54) is 6.07 Å². The summed E-state index contributed by atoms with van der Waals surface area (Å²) in [4.78, 5) is 0. The fraction of sp³-hybridized carbons (Fsp3) is 0.600. The Hall–Kier alpha value is -1.71. The van der Waals surface area contributed by atoms with E-state index in [-0.39, 0.29) is 5.82 Å². The second-order valence-electron chi connectivity index (χ2n) is 3.65. The predicted molar refractivity (Wildman–Crippen MR) is 55.9 cm³/mol. The lowest BCUT2D eigenvalue weighted by molar-refractivity contribution is -0.141. The van der Waals surface area contributed by atoms with Crippen LogP contribution in [0.5, 0.6) is 0 Å². The van der Waals surface area contributed by atoms with Crippen molar-refractivity contribution in [1.29, 1.82) is 5.26 Å². The van der Waals surface area contributed by atoms with Gasteiger partial charge in [-0.25, -0.2) is 4.68 Å². The van der Waals surface area contributed by atoms with Crippen molar-refractivity contribution in [2.75, 3.05) is 5.73 Å². The zero-order valence-corrected chi connectivity index (χ0v) is 9.38. The maximum absolute atomic E-state index is 12.5. The molecule has 17 heavy (non-hydrogen) atoms. The lowest BCUT2D eigenvalue weighted by Gasteiger charge is -2.02. The van der Waals surface area contributed by atoms with Crippen LogP contribution < -0.4 is 5.73 Å². The number of alkyl halides is 3. The van der Waals surface area contributed by atoms with Gasteiger partial charge in [0, 0.05) is 6.54 Å². The summed E-state index contributed by atoms with van der Waals surface area (Å²) in [5.74, 6) is -0.212. The SMILES string of the molecule is CCCCCn1nc(C(F)(F)F)c(C#N)c1N. The molecule has 0 radical (unpaired) electrons. The first-order valence-electron chi connectivity index (χ1n) is 5.25. The van der Waals surface area contributed by atoms with Crippen molar-refractivity contribution in [2.45, 2.75) is 38.9 Å². The number of hydrogen-bond donors (Lipinski definition) is 1. The number of unbranched alkanes of at least 4 members (excludes halogenated alkanes) is 2. The molecule has 0 fully saturated rings. The normalized spacial score (nSPS) is 11.5. The van der Waals surface area contributed by atoms with E-state index in [2.05, 4.69) is 5.10 Å². The van der Waals surface area contributed by atoms with Crippen LogP contribution in [-0.4, -0.2) is 9.78 Å². The summed E-state index contributed by atoms with van der Waals surface area (Å²) in [7, 11) is 0. The second-order valence-corrected chi connectivity index (χ2v) is 3.65. The molecule has 0 aliphatic heterocycles. The lowest BCUT2D eigenvalue weighted by atomic mass is 10.2. The van der Waals surface area contributed by atoms with Crippen LogP contribution in [0.1, 0.15) is 37.4 Å². The first-order chi connectivity index (χ1) is 7.91. The number of anilines is 1. The summed E-state index contributed by atoms with van der Waals surface area (Å²) < 4.78 is 38.7. The van der Waals surface area contributed by atoms with Gasteiger partial charge in [0.1, 0.15) is 17.5 Å². The molecule has 0 aromatic carbocycles. The van der Waals surface area contributed by atoms with Crippen LogP contribution in [0.3, 0.4) is 0 Å².